The van der Waals surface area contributed by atoms with Crippen LogP contribution < -0.4 is 0 Å². The highest BCUT2D eigenvalue weighted by molar-refractivity contribution is 5.84. The molecule has 0 fully saturated rings. The van der Waals surface area contributed by atoms with Gasteiger partial charge in [-0.1, -0.05) is 35.5 Å². The van der Waals surface area contributed by atoms with Gasteiger partial charge in [-0.3, -0.25) is 0 Å². The minimum Gasteiger partial charge on any atom is -0.453 e. The van der Waals surface area contributed by atoms with Crippen LogP contribution in [0.5, 0.6) is 0 Å². The van der Waals surface area contributed by atoms with E-state index in [0.717, 1.165) is 11.1 Å². The van der Waals surface area contributed by atoms with E-state index in [0.29, 0.717) is 16.8 Å². The zero-order chi connectivity index (χ0) is 15.8. The fraction of sp³-hybridized carbons (Fsp3) is 0. The summed E-state index contributed by atoms with van der Waals surface area (Å²) in [5.74, 6) is 0.155. The number of nitrogens with one attached hydrogen (secondary N) is 1. The van der Waals surface area contributed by atoms with Crippen molar-refractivity contribution in [3.63, 3.8) is 0 Å². The molecule has 4 aromatic rings. The van der Waals surface area contributed by atoms with Crippen LogP contribution in [0.3, 0.4) is 0 Å². The first kappa shape index (κ1) is 13.2. The van der Waals surface area contributed by atoms with Gasteiger partial charge in [0.05, 0.1) is 0 Å². The molecule has 0 atom stereocenters. The Morgan fingerprint density at radius 1 is 1.09 bits per heavy atom. The van der Waals surface area contributed by atoms with Gasteiger partial charge < -0.3 is 4.42 Å². The van der Waals surface area contributed by atoms with Gasteiger partial charge in [0.15, 0.2) is 17.1 Å². The summed E-state index contributed by atoms with van der Waals surface area (Å²) in [4.78, 5) is 0. The Labute approximate surface area is 130 Å². The number of rotatable bonds is 2. The lowest BCUT2D eigenvalue weighted by atomic mass is 10.1. The molecule has 0 unspecified atom stereocenters. The van der Waals surface area contributed by atoms with Gasteiger partial charge in [-0.25, -0.2) is 9.49 Å². The average Bonchev–Trinajstić information content (AvgIpc) is 3.22. The van der Waals surface area contributed by atoms with Gasteiger partial charge in [-0.2, -0.15) is 5.26 Å². The van der Waals surface area contributed by atoms with Gasteiger partial charge in [-0.05, 0) is 18.2 Å². The molecule has 6 heteroatoms. The second kappa shape index (κ2) is 5.07. The molecule has 0 aliphatic heterocycles. The summed E-state index contributed by atoms with van der Waals surface area (Å²) in [5, 5.41) is 19.9. The molecule has 0 saturated heterocycles. The second-order valence-electron chi connectivity index (χ2n) is 5.00. The number of para-hydroxylation sites is 1. The minimum absolute atomic E-state index is 0.229. The summed E-state index contributed by atoms with van der Waals surface area (Å²) < 4.78 is 19.4. The zero-order valence-corrected chi connectivity index (χ0v) is 11.7. The fourth-order valence-electron chi connectivity index (χ4n) is 2.50. The predicted molar refractivity (Wildman–Crippen MR) is 81.7 cm³/mol. The smallest absolute Gasteiger partial charge is 0.170 e. The summed E-state index contributed by atoms with van der Waals surface area (Å²) in [6.45, 7) is 0. The van der Waals surface area contributed by atoms with Crippen LogP contribution in [0.1, 0.15) is 5.69 Å². The van der Waals surface area contributed by atoms with Gasteiger partial charge in [-0.15, -0.1) is 5.10 Å². The normalized spacial score (nSPS) is 10.8. The van der Waals surface area contributed by atoms with Crippen molar-refractivity contribution in [2.45, 2.75) is 0 Å². The molecule has 0 aliphatic rings. The van der Waals surface area contributed by atoms with Crippen LogP contribution in [0.15, 0.2) is 52.9 Å². The summed E-state index contributed by atoms with van der Waals surface area (Å²) in [5.41, 5.74) is 2.49. The Hall–Kier alpha value is -3.46. The molecule has 2 aromatic carbocycles. The molecule has 4 rings (SSSR count). The van der Waals surface area contributed by atoms with E-state index in [1.54, 1.807) is 18.2 Å². The van der Waals surface area contributed by atoms with Crippen molar-refractivity contribution in [2.75, 3.05) is 0 Å². The summed E-state index contributed by atoms with van der Waals surface area (Å²) in [6.07, 6.45) is 0. The van der Waals surface area contributed by atoms with E-state index >= 15 is 0 Å². The van der Waals surface area contributed by atoms with E-state index in [1.165, 1.54) is 6.07 Å². The lowest BCUT2D eigenvalue weighted by Gasteiger charge is -2.00. The Balaban J connectivity index is 1.85. The molecule has 0 amide bonds. The van der Waals surface area contributed by atoms with Crippen LogP contribution in [0.2, 0.25) is 0 Å². The topological polar surface area (TPSA) is 78.5 Å². The monoisotopic (exact) mass is 304 g/mol. The third-order valence-corrected chi connectivity index (χ3v) is 3.58. The number of H-pyrrole nitrogens is 1. The lowest BCUT2D eigenvalue weighted by molar-refractivity contribution is 0.569. The van der Waals surface area contributed by atoms with Crippen LogP contribution in [0.4, 0.5) is 4.39 Å². The van der Waals surface area contributed by atoms with E-state index < -0.39 is 5.82 Å². The van der Waals surface area contributed by atoms with E-state index in [1.807, 2.05) is 30.3 Å². The number of furan rings is 1. The SMILES string of the molecule is N#Cc1[nH]nnc1-c1cccc(-c2cc3cccc(F)c3o2)c1. The molecule has 1 N–H and O–H groups in total. The molecular weight excluding hydrogens is 295 g/mol. The van der Waals surface area contributed by atoms with Crippen molar-refractivity contribution < 1.29 is 8.81 Å². The van der Waals surface area contributed by atoms with Gasteiger partial charge in [0.1, 0.15) is 17.5 Å². The number of halogens is 1. The van der Waals surface area contributed by atoms with Crippen molar-refractivity contribution in [3.05, 3.63) is 60.0 Å². The Bertz CT molecular complexity index is 1060. The van der Waals surface area contributed by atoms with E-state index in [-0.39, 0.29) is 11.3 Å². The maximum Gasteiger partial charge on any atom is 0.170 e. The molecule has 0 saturated carbocycles. The van der Waals surface area contributed by atoms with Gasteiger partial charge in [0.2, 0.25) is 0 Å². The van der Waals surface area contributed by atoms with E-state index in [2.05, 4.69) is 15.4 Å². The van der Waals surface area contributed by atoms with Crippen LogP contribution in [-0.4, -0.2) is 15.4 Å². The third kappa shape index (κ3) is 2.15. The van der Waals surface area contributed by atoms with Crippen molar-refractivity contribution in [2.24, 2.45) is 0 Å². The summed E-state index contributed by atoms with van der Waals surface area (Å²) in [6, 6.07) is 15.9. The summed E-state index contributed by atoms with van der Waals surface area (Å²) in [7, 11) is 0. The summed E-state index contributed by atoms with van der Waals surface area (Å²) >= 11 is 0. The number of hydrogen-bond donors (Lipinski definition) is 1. The molecule has 0 spiro atoms. The lowest BCUT2D eigenvalue weighted by Crippen LogP contribution is -1.83. The highest BCUT2D eigenvalue weighted by Crippen LogP contribution is 2.31. The molecular formula is C17H9FN4O. The van der Waals surface area contributed by atoms with Gasteiger partial charge in [0.25, 0.3) is 0 Å². The molecule has 23 heavy (non-hydrogen) atoms. The maximum atomic E-state index is 13.8. The van der Waals surface area contributed by atoms with Crippen LogP contribution in [0.25, 0.3) is 33.6 Å². The number of hydrogen-bond acceptors (Lipinski definition) is 4. The number of nitriles is 1. The van der Waals surface area contributed by atoms with E-state index in [9.17, 15) is 4.39 Å². The Morgan fingerprint density at radius 2 is 1.91 bits per heavy atom. The van der Waals surface area contributed by atoms with Crippen molar-refractivity contribution >= 4 is 11.0 Å². The molecule has 2 aromatic heterocycles. The Morgan fingerprint density at radius 3 is 2.74 bits per heavy atom. The predicted octanol–water partition coefficient (Wildman–Crippen LogP) is 3.90. The molecule has 0 bridgehead atoms. The average molecular weight is 304 g/mol. The number of aromatic nitrogens is 3. The maximum absolute atomic E-state index is 13.8. The molecule has 110 valence electrons. The van der Waals surface area contributed by atoms with Crippen molar-refractivity contribution in [1.82, 2.24) is 15.4 Å². The van der Waals surface area contributed by atoms with Crippen LogP contribution in [0, 0.1) is 17.1 Å². The quantitative estimate of drug-likeness (QED) is 0.609. The van der Waals surface area contributed by atoms with Crippen LogP contribution in [-0.2, 0) is 0 Å². The third-order valence-electron chi connectivity index (χ3n) is 3.58. The largest absolute Gasteiger partial charge is 0.453 e. The van der Waals surface area contributed by atoms with Crippen molar-refractivity contribution in [1.29, 1.82) is 5.26 Å². The first-order chi connectivity index (χ1) is 11.3. The number of benzene rings is 2. The van der Waals surface area contributed by atoms with E-state index in [4.69, 9.17) is 9.68 Å². The molecule has 5 nitrogen and oxygen atoms in total. The van der Waals surface area contributed by atoms with Gasteiger partial charge in [0, 0.05) is 16.5 Å². The highest BCUT2D eigenvalue weighted by Gasteiger charge is 2.13. The first-order valence-electron chi connectivity index (χ1n) is 6.86. The number of nitrogens with zero attached hydrogens (tertiary/aromatic N) is 3. The zero-order valence-electron chi connectivity index (χ0n) is 11.7. The van der Waals surface area contributed by atoms with Crippen molar-refractivity contribution in [3.8, 4) is 28.7 Å². The Kier molecular flexibility index (Phi) is 2.91. The molecule has 0 aliphatic carbocycles. The fourth-order valence-corrected chi connectivity index (χ4v) is 2.50. The highest BCUT2D eigenvalue weighted by atomic mass is 19.1. The number of aromatic amines is 1. The minimum atomic E-state index is -0.395. The van der Waals surface area contributed by atoms with Gasteiger partial charge >= 0.3 is 0 Å². The standard InChI is InChI=1S/C17H9FN4O/c18-13-6-2-5-12-8-15(23-17(12)13)10-3-1-4-11(7-10)16-14(9-19)20-22-21-16/h1-8H,(H,20,21,22). The second-order valence-corrected chi connectivity index (χ2v) is 5.00. The number of fused-ring (bicyclic) bond motifs is 1. The van der Waals surface area contributed by atoms with Crippen LogP contribution >= 0.6 is 0 Å². The molecule has 2 heterocycles. The molecule has 0 radical (unpaired) electrons. The first-order valence-corrected chi connectivity index (χ1v) is 6.86.